The molecule has 1 fully saturated rings. The summed E-state index contributed by atoms with van der Waals surface area (Å²) in [6.45, 7) is 3.72. The predicted octanol–water partition coefficient (Wildman–Crippen LogP) is 1.95. The van der Waals surface area contributed by atoms with Crippen molar-refractivity contribution < 1.29 is 9.94 Å². The molecular weight excluding hydrogens is 254 g/mol. The molecule has 1 saturated heterocycles. The number of likely N-dealkylation sites (N-methyl/N-ethyl adjacent to an activating group) is 1. The van der Waals surface area contributed by atoms with Crippen molar-refractivity contribution in [2.75, 3.05) is 20.2 Å². The third-order valence-corrected chi connectivity index (χ3v) is 3.94. The number of hydrogen-bond donors (Lipinski definition) is 2. The molecule has 2 rings (SSSR count). The Morgan fingerprint density at radius 1 is 1.50 bits per heavy atom. The van der Waals surface area contributed by atoms with Crippen LogP contribution in [0.25, 0.3) is 0 Å². The van der Waals surface area contributed by atoms with E-state index in [1.54, 1.807) is 0 Å². The van der Waals surface area contributed by atoms with E-state index in [2.05, 4.69) is 17.1 Å². The first-order valence-corrected chi connectivity index (χ1v) is 7.04. The van der Waals surface area contributed by atoms with Crippen LogP contribution in [0.4, 0.5) is 0 Å². The van der Waals surface area contributed by atoms with E-state index in [-0.39, 0.29) is 5.84 Å². The highest BCUT2D eigenvalue weighted by Gasteiger charge is 2.20. The normalized spacial score (nSPS) is 20.9. The molecule has 20 heavy (non-hydrogen) atoms. The molecule has 0 bridgehead atoms. The number of ether oxygens (including phenoxy) is 1. The SMILES string of the molecule is Cc1cccc(/C(N)=N/O)c1OCC1CCCCN1C. The van der Waals surface area contributed by atoms with Gasteiger partial charge in [-0.15, -0.1) is 0 Å². The molecule has 1 heterocycles. The smallest absolute Gasteiger partial charge is 0.173 e. The lowest BCUT2D eigenvalue weighted by Gasteiger charge is -2.32. The molecule has 0 radical (unpaired) electrons. The summed E-state index contributed by atoms with van der Waals surface area (Å²) in [7, 11) is 2.13. The number of oxime groups is 1. The van der Waals surface area contributed by atoms with Crippen LogP contribution in [0.1, 0.15) is 30.4 Å². The topological polar surface area (TPSA) is 71.1 Å². The van der Waals surface area contributed by atoms with Gasteiger partial charge in [0.2, 0.25) is 0 Å². The van der Waals surface area contributed by atoms with Gasteiger partial charge < -0.3 is 20.6 Å². The van der Waals surface area contributed by atoms with Crippen molar-refractivity contribution in [1.82, 2.24) is 4.90 Å². The lowest BCUT2D eigenvalue weighted by Crippen LogP contribution is -2.40. The number of rotatable bonds is 4. The van der Waals surface area contributed by atoms with Crippen molar-refractivity contribution >= 4 is 5.84 Å². The number of nitrogens with zero attached hydrogens (tertiary/aromatic N) is 2. The maximum atomic E-state index is 8.86. The monoisotopic (exact) mass is 277 g/mol. The molecule has 0 spiro atoms. The third kappa shape index (κ3) is 3.22. The van der Waals surface area contributed by atoms with E-state index < -0.39 is 0 Å². The Bertz CT molecular complexity index is 488. The van der Waals surface area contributed by atoms with E-state index in [0.29, 0.717) is 24.0 Å². The molecule has 5 nitrogen and oxygen atoms in total. The lowest BCUT2D eigenvalue weighted by molar-refractivity contribution is 0.124. The highest BCUT2D eigenvalue weighted by Crippen LogP contribution is 2.25. The van der Waals surface area contributed by atoms with Crippen LogP contribution in [0.15, 0.2) is 23.4 Å². The second-order valence-corrected chi connectivity index (χ2v) is 5.38. The van der Waals surface area contributed by atoms with E-state index in [9.17, 15) is 0 Å². The molecule has 3 N–H and O–H groups in total. The maximum absolute atomic E-state index is 8.86. The summed E-state index contributed by atoms with van der Waals surface area (Å²) in [5.41, 5.74) is 7.35. The lowest BCUT2D eigenvalue weighted by atomic mass is 10.0. The van der Waals surface area contributed by atoms with Crippen LogP contribution in [0.3, 0.4) is 0 Å². The average Bonchev–Trinajstić information content (AvgIpc) is 2.46. The largest absolute Gasteiger partial charge is 0.491 e. The molecule has 1 aliphatic heterocycles. The van der Waals surface area contributed by atoms with Crippen molar-refractivity contribution in [3.8, 4) is 5.75 Å². The van der Waals surface area contributed by atoms with Gasteiger partial charge >= 0.3 is 0 Å². The van der Waals surface area contributed by atoms with Crippen LogP contribution in [0.2, 0.25) is 0 Å². The summed E-state index contributed by atoms with van der Waals surface area (Å²) in [4.78, 5) is 2.34. The molecule has 1 atom stereocenters. The summed E-state index contributed by atoms with van der Waals surface area (Å²) in [5, 5.41) is 11.9. The molecule has 0 aliphatic carbocycles. The number of amidine groups is 1. The fraction of sp³-hybridized carbons (Fsp3) is 0.533. The summed E-state index contributed by atoms with van der Waals surface area (Å²) < 4.78 is 5.99. The molecule has 0 aromatic heterocycles. The average molecular weight is 277 g/mol. The molecular formula is C15H23N3O2. The van der Waals surface area contributed by atoms with Crippen LogP contribution < -0.4 is 10.5 Å². The summed E-state index contributed by atoms with van der Waals surface area (Å²) in [6, 6.07) is 6.08. The van der Waals surface area contributed by atoms with Gasteiger partial charge in [-0.1, -0.05) is 23.7 Å². The Morgan fingerprint density at radius 3 is 3.00 bits per heavy atom. The maximum Gasteiger partial charge on any atom is 0.173 e. The van der Waals surface area contributed by atoms with Crippen LogP contribution in [0.5, 0.6) is 5.75 Å². The minimum absolute atomic E-state index is 0.0840. The Hall–Kier alpha value is -1.75. The van der Waals surface area contributed by atoms with Crippen LogP contribution >= 0.6 is 0 Å². The Labute approximate surface area is 120 Å². The van der Waals surface area contributed by atoms with Gasteiger partial charge in [-0.3, -0.25) is 0 Å². The van der Waals surface area contributed by atoms with Crippen molar-refractivity contribution in [2.24, 2.45) is 10.9 Å². The van der Waals surface area contributed by atoms with E-state index in [0.717, 1.165) is 18.5 Å². The fourth-order valence-electron chi connectivity index (χ4n) is 2.63. The molecule has 0 saturated carbocycles. The number of aryl methyl sites for hydroxylation is 1. The molecule has 1 aromatic carbocycles. The first-order chi connectivity index (χ1) is 9.63. The van der Waals surface area contributed by atoms with Gasteiger partial charge in [0, 0.05) is 6.04 Å². The van der Waals surface area contributed by atoms with E-state index in [1.807, 2.05) is 25.1 Å². The highest BCUT2D eigenvalue weighted by molar-refractivity contribution is 5.99. The van der Waals surface area contributed by atoms with Gasteiger partial charge in [-0.2, -0.15) is 0 Å². The molecule has 1 unspecified atom stereocenters. The van der Waals surface area contributed by atoms with E-state index >= 15 is 0 Å². The predicted molar refractivity (Wildman–Crippen MR) is 79.5 cm³/mol. The number of benzene rings is 1. The molecule has 1 aromatic rings. The first-order valence-electron chi connectivity index (χ1n) is 7.04. The molecule has 0 amide bonds. The number of nitrogens with two attached hydrogens (primary N) is 1. The van der Waals surface area contributed by atoms with Gasteiger partial charge in [0.1, 0.15) is 12.4 Å². The summed E-state index contributed by atoms with van der Waals surface area (Å²) in [5.74, 6) is 0.794. The number of piperidine rings is 1. The minimum atomic E-state index is 0.0840. The van der Waals surface area contributed by atoms with Crippen LogP contribution in [0, 0.1) is 6.92 Å². The third-order valence-electron chi connectivity index (χ3n) is 3.94. The van der Waals surface area contributed by atoms with Crippen molar-refractivity contribution in [3.05, 3.63) is 29.3 Å². The van der Waals surface area contributed by atoms with Gasteiger partial charge in [0.05, 0.1) is 5.56 Å². The second-order valence-electron chi connectivity index (χ2n) is 5.38. The number of para-hydroxylation sites is 1. The zero-order valence-electron chi connectivity index (χ0n) is 12.2. The Kier molecular flexibility index (Phi) is 4.84. The molecule has 1 aliphatic rings. The summed E-state index contributed by atoms with van der Waals surface area (Å²) in [6.07, 6.45) is 3.66. The Balaban J connectivity index is 2.12. The molecule has 5 heteroatoms. The van der Waals surface area contributed by atoms with Crippen molar-refractivity contribution in [2.45, 2.75) is 32.2 Å². The summed E-state index contributed by atoms with van der Waals surface area (Å²) >= 11 is 0. The van der Waals surface area contributed by atoms with Crippen molar-refractivity contribution in [3.63, 3.8) is 0 Å². The van der Waals surface area contributed by atoms with Gasteiger partial charge in [-0.25, -0.2) is 0 Å². The standard InChI is InChI=1S/C15H23N3O2/c1-11-6-5-8-13(15(16)17-19)14(11)20-10-12-7-3-4-9-18(12)2/h5-6,8,12,19H,3-4,7,9-10H2,1-2H3,(H2,16,17). The van der Waals surface area contributed by atoms with E-state index in [1.165, 1.54) is 12.8 Å². The van der Waals surface area contributed by atoms with E-state index in [4.69, 9.17) is 15.7 Å². The van der Waals surface area contributed by atoms with Crippen LogP contribution in [-0.2, 0) is 0 Å². The highest BCUT2D eigenvalue weighted by atomic mass is 16.5. The number of likely N-dealkylation sites (tertiary alicyclic amines) is 1. The van der Waals surface area contributed by atoms with Gasteiger partial charge in [0.25, 0.3) is 0 Å². The Morgan fingerprint density at radius 2 is 2.30 bits per heavy atom. The zero-order valence-corrected chi connectivity index (χ0v) is 12.2. The minimum Gasteiger partial charge on any atom is -0.491 e. The van der Waals surface area contributed by atoms with Gasteiger partial charge in [-0.05, 0) is 45.0 Å². The quantitative estimate of drug-likeness (QED) is 0.382. The van der Waals surface area contributed by atoms with Crippen molar-refractivity contribution in [1.29, 1.82) is 0 Å². The van der Waals surface area contributed by atoms with Gasteiger partial charge in [0.15, 0.2) is 5.84 Å². The zero-order chi connectivity index (χ0) is 14.5. The second kappa shape index (κ2) is 6.61. The first kappa shape index (κ1) is 14.7. The number of hydrogen-bond acceptors (Lipinski definition) is 4. The molecule has 110 valence electrons. The fourth-order valence-corrected chi connectivity index (χ4v) is 2.63. The van der Waals surface area contributed by atoms with Crippen LogP contribution in [-0.4, -0.2) is 42.2 Å².